The number of hydrogen-bond acceptors (Lipinski definition) is 4. The summed E-state index contributed by atoms with van der Waals surface area (Å²) in [7, 11) is 5.57. The van der Waals surface area contributed by atoms with Crippen LogP contribution >= 0.6 is 0 Å². The molecule has 1 atom stereocenters. The van der Waals surface area contributed by atoms with Gasteiger partial charge in [0.25, 0.3) is 0 Å². The summed E-state index contributed by atoms with van der Waals surface area (Å²) in [6.07, 6.45) is 3.31. The molecule has 1 heterocycles. The average Bonchev–Trinajstić information content (AvgIpc) is 2.59. The highest BCUT2D eigenvalue weighted by atomic mass is 16.5. The van der Waals surface area contributed by atoms with E-state index < -0.39 is 0 Å². The number of fused-ring (bicyclic) bond motifs is 1. The van der Waals surface area contributed by atoms with E-state index in [0.717, 1.165) is 36.6 Å². The van der Waals surface area contributed by atoms with Gasteiger partial charge in [-0.25, -0.2) is 0 Å². The van der Waals surface area contributed by atoms with Crippen molar-refractivity contribution in [2.45, 2.75) is 25.2 Å². The first kappa shape index (κ1) is 14.0. The predicted octanol–water partition coefficient (Wildman–Crippen LogP) is 2.37. The van der Waals surface area contributed by atoms with Crippen LogP contribution in [0.25, 0.3) is 0 Å². The number of ether oxygens (including phenoxy) is 2. The summed E-state index contributed by atoms with van der Waals surface area (Å²) >= 11 is 0. The molecular formula is C15H24N2O2. The van der Waals surface area contributed by atoms with E-state index in [2.05, 4.69) is 11.9 Å². The molecule has 0 fully saturated rings. The smallest absolute Gasteiger partial charge is 0.142 e. The van der Waals surface area contributed by atoms with Crippen LogP contribution in [0, 0.1) is 0 Å². The van der Waals surface area contributed by atoms with E-state index in [4.69, 9.17) is 15.2 Å². The highest BCUT2D eigenvalue weighted by Crippen LogP contribution is 2.46. The second-order valence-corrected chi connectivity index (χ2v) is 5.07. The standard InChI is InChI=1S/C15H24N2O2/c1-17-10-4-5-11(8-9-16)14-12(18-2)6-7-13(19-3)15(14)17/h6-7,11H,4-5,8-10,16H2,1-3H3. The van der Waals surface area contributed by atoms with Crippen LogP contribution in [0.1, 0.15) is 30.7 Å². The summed E-state index contributed by atoms with van der Waals surface area (Å²) in [5, 5.41) is 0. The molecule has 2 N–H and O–H groups in total. The van der Waals surface area contributed by atoms with E-state index in [1.165, 1.54) is 12.0 Å². The molecule has 0 bridgehead atoms. The molecule has 106 valence electrons. The molecule has 0 saturated heterocycles. The van der Waals surface area contributed by atoms with Crippen molar-refractivity contribution in [2.75, 3.05) is 39.3 Å². The van der Waals surface area contributed by atoms with Gasteiger partial charge in [-0.3, -0.25) is 0 Å². The Kier molecular flexibility index (Phi) is 4.53. The van der Waals surface area contributed by atoms with Crippen LogP contribution in [0.5, 0.6) is 11.5 Å². The van der Waals surface area contributed by atoms with E-state index in [-0.39, 0.29) is 0 Å². The fraction of sp³-hybridized carbons (Fsp3) is 0.600. The number of methoxy groups -OCH3 is 2. The third-order valence-electron chi connectivity index (χ3n) is 3.93. The third-order valence-corrected chi connectivity index (χ3v) is 3.93. The van der Waals surface area contributed by atoms with Gasteiger partial charge in [0.1, 0.15) is 11.5 Å². The van der Waals surface area contributed by atoms with Crippen molar-refractivity contribution in [2.24, 2.45) is 5.73 Å². The Morgan fingerprint density at radius 3 is 2.58 bits per heavy atom. The van der Waals surface area contributed by atoms with Crippen molar-refractivity contribution >= 4 is 5.69 Å². The molecule has 0 radical (unpaired) electrons. The van der Waals surface area contributed by atoms with Gasteiger partial charge >= 0.3 is 0 Å². The van der Waals surface area contributed by atoms with Crippen LogP contribution in [0.3, 0.4) is 0 Å². The molecule has 2 rings (SSSR count). The zero-order chi connectivity index (χ0) is 13.8. The van der Waals surface area contributed by atoms with Crippen LogP contribution in [0.4, 0.5) is 5.69 Å². The summed E-state index contributed by atoms with van der Waals surface area (Å²) < 4.78 is 11.1. The lowest BCUT2D eigenvalue weighted by atomic mass is 9.90. The van der Waals surface area contributed by atoms with Crippen LogP contribution in [-0.4, -0.2) is 34.4 Å². The molecule has 1 unspecified atom stereocenters. The first-order valence-electron chi connectivity index (χ1n) is 6.89. The fourth-order valence-corrected chi connectivity index (χ4v) is 3.02. The van der Waals surface area contributed by atoms with Gasteiger partial charge in [0, 0.05) is 19.2 Å². The normalized spacial score (nSPS) is 18.7. The minimum Gasteiger partial charge on any atom is -0.496 e. The van der Waals surface area contributed by atoms with Crippen molar-refractivity contribution in [3.63, 3.8) is 0 Å². The Morgan fingerprint density at radius 2 is 1.95 bits per heavy atom. The lowest BCUT2D eigenvalue weighted by Crippen LogP contribution is -2.19. The van der Waals surface area contributed by atoms with Gasteiger partial charge in [0.05, 0.1) is 19.9 Å². The van der Waals surface area contributed by atoms with Crippen LogP contribution in [-0.2, 0) is 0 Å². The van der Waals surface area contributed by atoms with Gasteiger partial charge in [0.2, 0.25) is 0 Å². The van der Waals surface area contributed by atoms with Gasteiger partial charge in [-0.1, -0.05) is 0 Å². The molecule has 1 aromatic rings. The van der Waals surface area contributed by atoms with Gasteiger partial charge in [-0.15, -0.1) is 0 Å². The van der Waals surface area contributed by atoms with E-state index in [9.17, 15) is 0 Å². The average molecular weight is 264 g/mol. The first-order chi connectivity index (χ1) is 9.22. The minimum atomic E-state index is 0.454. The largest absolute Gasteiger partial charge is 0.496 e. The predicted molar refractivity (Wildman–Crippen MR) is 78.5 cm³/mol. The summed E-state index contributed by atoms with van der Waals surface area (Å²) in [6.45, 7) is 1.74. The zero-order valence-electron chi connectivity index (χ0n) is 12.1. The number of anilines is 1. The van der Waals surface area contributed by atoms with Gasteiger partial charge in [-0.2, -0.15) is 0 Å². The van der Waals surface area contributed by atoms with Crippen molar-refractivity contribution in [3.8, 4) is 11.5 Å². The monoisotopic (exact) mass is 264 g/mol. The summed E-state index contributed by atoms with van der Waals surface area (Å²) in [5.74, 6) is 2.32. The van der Waals surface area contributed by atoms with E-state index in [1.54, 1.807) is 14.2 Å². The molecule has 1 aliphatic heterocycles. The number of hydrogen-bond donors (Lipinski definition) is 1. The quantitative estimate of drug-likeness (QED) is 0.907. The number of rotatable bonds is 4. The maximum atomic E-state index is 5.78. The lowest BCUT2D eigenvalue weighted by Gasteiger charge is -2.25. The molecule has 0 amide bonds. The first-order valence-corrected chi connectivity index (χ1v) is 6.89. The van der Waals surface area contributed by atoms with Gasteiger partial charge in [-0.05, 0) is 43.9 Å². The molecular weight excluding hydrogens is 240 g/mol. The third kappa shape index (κ3) is 2.63. The second-order valence-electron chi connectivity index (χ2n) is 5.07. The van der Waals surface area contributed by atoms with Gasteiger partial charge < -0.3 is 20.1 Å². The maximum Gasteiger partial charge on any atom is 0.142 e. The highest BCUT2D eigenvalue weighted by Gasteiger charge is 2.27. The highest BCUT2D eigenvalue weighted by molar-refractivity contribution is 5.69. The molecule has 4 nitrogen and oxygen atoms in total. The molecule has 1 aliphatic rings. The van der Waals surface area contributed by atoms with Crippen molar-refractivity contribution in [3.05, 3.63) is 17.7 Å². The molecule has 0 aromatic heterocycles. The minimum absolute atomic E-state index is 0.454. The number of nitrogens with zero attached hydrogens (tertiary/aromatic N) is 1. The molecule has 0 spiro atoms. The second kappa shape index (κ2) is 6.15. The van der Waals surface area contributed by atoms with E-state index in [1.807, 2.05) is 12.1 Å². The Hall–Kier alpha value is -1.42. The number of nitrogens with two attached hydrogens (primary N) is 1. The number of benzene rings is 1. The topological polar surface area (TPSA) is 47.7 Å². The van der Waals surface area contributed by atoms with Crippen LogP contribution in [0.2, 0.25) is 0 Å². The summed E-state index contributed by atoms with van der Waals surface area (Å²) in [6, 6.07) is 3.99. The summed E-state index contributed by atoms with van der Waals surface area (Å²) in [5.41, 5.74) is 8.20. The Bertz CT molecular complexity index is 434. The molecule has 1 aromatic carbocycles. The van der Waals surface area contributed by atoms with Crippen molar-refractivity contribution in [1.82, 2.24) is 0 Å². The lowest BCUT2D eigenvalue weighted by molar-refractivity contribution is 0.394. The van der Waals surface area contributed by atoms with Crippen LogP contribution in [0.15, 0.2) is 12.1 Å². The zero-order valence-corrected chi connectivity index (χ0v) is 12.1. The molecule has 4 heteroatoms. The van der Waals surface area contributed by atoms with Crippen molar-refractivity contribution in [1.29, 1.82) is 0 Å². The molecule has 19 heavy (non-hydrogen) atoms. The Labute approximate surface area is 115 Å². The Balaban J connectivity index is 2.58. The van der Waals surface area contributed by atoms with Crippen molar-refractivity contribution < 1.29 is 9.47 Å². The van der Waals surface area contributed by atoms with Gasteiger partial charge in [0.15, 0.2) is 0 Å². The SMILES string of the molecule is COc1ccc(OC)c2c1C(CCN)CCCN2C. The van der Waals surface area contributed by atoms with Crippen LogP contribution < -0.4 is 20.1 Å². The maximum absolute atomic E-state index is 5.78. The van der Waals surface area contributed by atoms with E-state index >= 15 is 0 Å². The summed E-state index contributed by atoms with van der Waals surface area (Å²) in [4.78, 5) is 2.27. The molecule has 0 saturated carbocycles. The fourth-order valence-electron chi connectivity index (χ4n) is 3.02. The van der Waals surface area contributed by atoms with E-state index in [0.29, 0.717) is 12.5 Å². The molecule has 0 aliphatic carbocycles. The Morgan fingerprint density at radius 1 is 1.26 bits per heavy atom.